The Labute approximate surface area is 269 Å². The van der Waals surface area contributed by atoms with Gasteiger partial charge in [-0.25, -0.2) is 0 Å². The van der Waals surface area contributed by atoms with Crippen LogP contribution in [0.3, 0.4) is 0 Å². The van der Waals surface area contributed by atoms with E-state index in [4.69, 9.17) is 11.6 Å². The maximum absolute atomic E-state index is 7.18. The molecule has 0 saturated heterocycles. The van der Waals surface area contributed by atoms with Crippen molar-refractivity contribution >= 4 is 44.5 Å². The molecular weight excluding hydrogens is 554 g/mol. The van der Waals surface area contributed by atoms with Crippen molar-refractivity contribution in [3.05, 3.63) is 136 Å². The van der Waals surface area contributed by atoms with E-state index >= 15 is 0 Å². The van der Waals surface area contributed by atoms with E-state index in [0.29, 0.717) is 0 Å². The SMILES string of the molecule is CC/C(=C/C=C1\CCCC(/C=C/C2=[N+](C)c3ccc4ccccc4c3C2(C)C)=C1Cl)C(C)(C)c1c(C)ccc2ccccc12. The molecule has 0 spiro atoms. The molecule has 1 nitrogen and oxygen atoms in total. The molecule has 1 aliphatic carbocycles. The fraction of sp³-hybridized carbons (Fsp3) is 0.310. The first kappa shape index (κ1) is 30.4. The van der Waals surface area contributed by atoms with Crippen LogP contribution in [0.1, 0.15) is 77.0 Å². The molecular formula is C42H45ClN+. The van der Waals surface area contributed by atoms with Crippen molar-refractivity contribution in [3.8, 4) is 0 Å². The second-order valence-electron chi connectivity index (χ2n) is 13.6. The largest absolute Gasteiger partial charge is 0.210 e. The molecule has 0 aromatic heterocycles. The third kappa shape index (κ3) is 5.10. The minimum atomic E-state index is -0.105. The Balaban J connectivity index is 1.33. The molecule has 4 aromatic rings. The van der Waals surface area contributed by atoms with Gasteiger partial charge in [0.15, 0.2) is 5.71 Å². The van der Waals surface area contributed by atoms with Crippen molar-refractivity contribution in [2.24, 2.45) is 0 Å². The van der Waals surface area contributed by atoms with E-state index in [0.717, 1.165) is 30.7 Å². The van der Waals surface area contributed by atoms with Gasteiger partial charge in [0.2, 0.25) is 5.69 Å². The van der Waals surface area contributed by atoms with Gasteiger partial charge in [-0.1, -0.05) is 117 Å². The molecule has 0 N–H and O–H groups in total. The minimum absolute atomic E-state index is 0.0984. The molecule has 224 valence electrons. The zero-order chi connectivity index (χ0) is 31.2. The molecule has 6 rings (SSSR count). The van der Waals surface area contributed by atoms with E-state index in [9.17, 15) is 0 Å². The van der Waals surface area contributed by atoms with Crippen molar-refractivity contribution in [1.82, 2.24) is 0 Å². The summed E-state index contributed by atoms with van der Waals surface area (Å²) in [6.07, 6.45) is 13.4. The summed E-state index contributed by atoms with van der Waals surface area (Å²) in [4.78, 5) is 0. The van der Waals surface area contributed by atoms with Crippen molar-refractivity contribution in [2.45, 2.75) is 78.1 Å². The van der Waals surface area contributed by atoms with Crippen LogP contribution in [0.25, 0.3) is 21.5 Å². The topological polar surface area (TPSA) is 3.01 Å². The molecule has 0 unspecified atom stereocenters. The van der Waals surface area contributed by atoms with Crippen molar-refractivity contribution in [3.63, 3.8) is 0 Å². The Morgan fingerprint density at radius 2 is 1.55 bits per heavy atom. The molecule has 0 amide bonds. The molecule has 0 fully saturated rings. The minimum Gasteiger partial charge on any atom is -0.198 e. The third-order valence-corrected chi connectivity index (χ3v) is 10.7. The zero-order valence-corrected chi connectivity index (χ0v) is 28.1. The highest BCUT2D eigenvalue weighted by atomic mass is 35.5. The molecule has 0 bridgehead atoms. The molecule has 2 heteroatoms. The van der Waals surface area contributed by atoms with Crippen LogP contribution in [0, 0.1) is 6.92 Å². The zero-order valence-electron chi connectivity index (χ0n) is 27.4. The van der Waals surface area contributed by atoms with Gasteiger partial charge in [-0.3, -0.25) is 0 Å². The van der Waals surface area contributed by atoms with Gasteiger partial charge in [-0.05, 0) is 96.3 Å². The number of aryl methyl sites for hydroxylation is 1. The van der Waals surface area contributed by atoms with Crippen LogP contribution < -0.4 is 0 Å². The lowest BCUT2D eigenvalue weighted by Gasteiger charge is -2.31. The second kappa shape index (κ2) is 11.7. The van der Waals surface area contributed by atoms with Crippen molar-refractivity contribution in [2.75, 3.05) is 7.05 Å². The van der Waals surface area contributed by atoms with Crippen molar-refractivity contribution in [1.29, 1.82) is 0 Å². The van der Waals surface area contributed by atoms with Gasteiger partial charge in [0, 0.05) is 28.2 Å². The highest BCUT2D eigenvalue weighted by molar-refractivity contribution is 6.32. The summed E-state index contributed by atoms with van der Waals surface area (Å²) < 4.78 is 2.36. The summed E-state index contributed by atoms with van der Waals surface area (Å²) in [5.74, 6) is 0. The fourth-order valence-electron chi connectivity index (χ4n) is 7.92. The van der Waals surface area contributed by atoms with Crippen molar-refractivity contribution < 1.29 is 4.58 Å². The van der Waals surface area contributed by atoms with E-state index in [2.05, 4.69) is 150 Å². The first-order chi connectivity index (χ1) is 21.1. The van der Waals surface area contributed by atoms with Crippen LogP contribution in [0.4, 0.5) is 5.69 Å². The van der Waals surface area contributed by atoms with Gasteiger partial charge in [0.25, 0.3) is 0 Å². The number of fused-ring (bicyclic) bond motifs is 4. The van der Waals surface area contributed by atoms with Gasteiger partial charge in [0.05, 0.1) is 5.41 Å². The smallest absolute Gasteiger partial charge is 0.198 e. The van der Waals surface area contributed by atoms with Crippen LogP contribution in [-0.4, -0.2) is 17.3 Å². The molecule has 0 saturated carbocycles. The van der Waals surface area contributed by atoms with E-state index in [1.165, 1.54) is 66.4 Å². The number of nitrogens with zero attached hydrogens (tertiary/aromatic N) is 1. The lowest BCUT2D eigenvalue weighted by atomic mass is 9.72. The number of hydrogen-bond donors (Lipinski definition) is 0. The van der Waals surface area contributed by atoms with Crippen LogP contribution in [0.5, 0.6) is 0 Å². The van der Waals surface area contributed by atoms with E-state index < -0.39 is 0 Å². The van der Waals surface area contributed by atoms with Gasteiger partial charge in [-0.15, -0.1) is 0 Å². The normalized spacial score (nSPS) is 18.4. The first-order valence-corrected chi connectivity index (χ1v) is 16.5. The summed E-state index contributed by atoms with van der Waals surface area (Å²) in [5.41, 5.74) is 10.5. The summed E-state index contributed by atoms with van der Waals surface area (Å²) in [6, 6.07) is 26.5. The predicted octanol–water partition coefficient (Wildman–Crippen LogP) is 11.8. The van der Waals surface area contributed by atoms with Gasteiger partial charge >= 0.3 is 0 Å². The number of rotatable bonds is 6. The number of hydrogen-bond acceptors (Lipinski definition) is 0. The monoisotopic (exact) mass is 598 g/mol. The van der Waals surface area contributed by atoms with E-state index in [1.807, 2.05) is 0 Å². The number of halogens is 1. The average molecular weight is 599 g/mol. The summed E-state index contributed by atoms with van der Waals surface area (Å²) in [6.45, 7) is 14.0. The lowest BCUT2D eigenvalue weighted by Crippen LogP contribution is -2.27. The Hall–Kier alpha value is -3.68. The molecule has 2 aliphatic rings. The quantitative estimate of drug-likeness (QED) is 0.194. The summed E-state index contributed by atoms with van der Waals surface area (Å²) in [7, 11) is 2.20. The maximum atomic E-state index is 7.18. The first-order valence-electron chi connectivity index (χ1n) is 16.1. The maximum Gasteiger partial charge on any atom is 0.210 e. The number of allylic oxidation sites excluding steroid dienone is 8. The Morgan fingerprint density at radius 3 is 2.27 bits per heavy atom. The highest BCUT2D eigenvalue weighted by Crippen LogP contribution is 2.44. The molecule has 0 radical (unpaired) electrons. The third-order valence-electron chi connectivity index (χ3n) is 10.2. The summed E-state index contributed by atoms with van der Waals surface area (Å²) in [5, 5.41) is 6.20. The van der Waals surface area contributed by atoms with E-state index in [1.54, 1.807) is 0 Å². The van der Waals surface area contributed by atoms with Crippen LogP contribution >= 0.6 is 11.6 Å². The van der Waals surface area contributed by atoms with Crippen LogP contribution in [-0.2, 0) is 10.8 Å². The predicted molar refractivity (Wildman–Crippen MR) is 192 cm³/mol. The average Bonchev–Trinajstić information content (AvgIpc) is 3.21. The molecule has 44 heavy (non-hydrogen) atoms. The van der Waals surface area contributed by atoms with Gasteiger partial charge in [-0.2, -0.15) is 4.58 Å². The Kier molecular flexibility index (Phi) is 8.05. The highest BCUT2D eigenvalue weighted by Gasteiger charge is 2.44. The Bertz CT molecular complexity index is 1940. The molecule has 1 aliphatic heterocycles. The molecule has 4 aromatic carbocycles. The van der Waals surface area contributed by atoms with E-state index in [-0.39, 0.29) is 10.8 Å². The summed E-state index contributed by atoms with van der Waals surface area (Å²) >= 11 is 7.18. The lowest BCUT2D eigenvalue weighted by molar-refractivity contribution is -0.401. The van der Waals surface area contributed by atoms with Crippen LogP contribution in [0.15, 0.2) is 119 Å². The van der Waals surface area contributed by atoms with Crippen LogP contribution in [0.2, 0.25) is 0 Å². The van der Waals surface area contributed by atoms with Gasteiger partial charge in [0.1, 0.15) is 7.05 Å². The molecule has 0 atom stereocenters. The Morgan fingerprint density at radius 1 is 0.886 bits per heavy atom. The number of benzene rings is 4. The second-order valence-corrected chi connectivity index (χ2v) is 14.0. The standard InChI is InChI=1S/C42H45ClN/c1-8-33(41(3,4)38-28(2)20-21-29-14-9-11-18-34(29)38)25-22-31-16-13-17-32(40(31)43)24-27-37-42(5,6)39-35-19-12-10-15-30(35)23-26-36(39)44(37)7/h9-12,14-15,18-27H,8,13,16-17H2,1-7H3/q+1/b27-24+,31-22+,33-25-. The fourth-order valence-corrected chi connectivity index (χ4v) is 8.24. The van der Waals surface area contributed by atoms with Gasteiger partial charge < -0.3 is 0 Å². The molecule has 1 heterocycles.